The zero-order valence-electron chi connectivity index (χ0n) is 10.9. The largest absolute Gasteiger partial charge is 0.481 e. The molecule has 2 aliphatic rings. The molecule has 20 heavy (non-hydrogen) atoms. The number of urea groups is 1. The van der Waals surface area contributed by atoms with Crippen molar-refractivity contribution in [1.29, 1.82) is 0 Å². The third kappa shape index (κ3) is 2.60. The molecule has 7 nitrogen and oxygen atoms in total. The predicted octanol–water partition coefficient (Wildman–Crippen LogP) is 1.79. The summed E-state index contributed by atoms with van der Waals surface area (Å²) in [6.45, 7) is 0. The van der Waals surface area contributed by atoms with Crippen LogP contribution < -0.4 is 5.32 Å². The van der Waals surface area contributed by atoms with Crippen LogP contribution in [0.5, 0.6) is 0 Å². The van der Waals surface area contributed by atoms with E-state index in [9.17, 15) is 9.59 Å². The van der Waals surface area contributed by atoms with Gasteiger partial charge in [-0.15, -0.1) is 10.2 Å². The Balaban J connectivity index is 1.64. The van der Waals surface area contributed by atoms with Crippen LogP contribution >= 0.6 is 11.3 Å². The number of carboxylic acids is 1. The first-order chi connectivity index (χ1) is 9.63. The van der Waals surface area contributed by atoms with Crippen LogP contribution in [0.3, 0.4) is 0 Å². The Morgan fingerprint density at radius 1 is 1.40 bits per heavy atom. The van der Waals surface area contributed by atoms with Crippen molar-refractivity contribution >= 4 is 28.5 Å². The number of aromatic nitrogens is 2. The van der Waals surface area contributed by atoms with Crippen molar-refractivity contribution in [3.8, 4) is 0 Å². The first kappa shape index (κ1) is 13.3. The van der Waals surface area contributed by atoms with Crippen LogP contribution in [0.2, 0.25) is 0 Å². The van der Waals surface area contributed by atoms with Gasteiger partial charge in [-0.05, 0) is 31.6 Å². The second-order valence-corrected chi connectivity index (χ2v) is 6.23. The fraction of sp³-hybridized carbons (Fsp3) is 0.667. The maximum atomic E-state index is 12.3. The van der Waals surface area contributed by atoms with E-state index in [1.807, 2.05) is 4.90 Å². The predicted molar refractivity (Wildman–Crippen MR) is 72.6 cm³/mol. The van der Waals surface area contributed by atoms with E-state index in [4.69, 9.17) is 5.11 Å². The fourth-order valence-electron chi connectivity index (χ4n) is 3.42. The van der Waals surface area contributed by atoms with Crippen molar-refractivity contribution in [3.63, 3.8) is 0 Å². The van der Waals surface area contributed by atoms with Gasteiger partial charge in [0, 0.05) is 18.5 Å². The van der Waals surface area contributed by atoms with Crippen LogP contribution in [0.15, 0.2) is 5.51 Å². The molecule has 0 saturated carbocycles. The zero-order valence-corrected chi connectivity index (χ0v) is 11.7. The second kappa shape index (κ2) is 5.35. The van der Waals surface area contributed by atoms with E-state index in [-0.39, 0.29) is 30.5 Å². The van der Waals surface area contributed by atoms with Crippen LogP contribution in [0.1, 0.15) is 32.1 Å². The lowest BCUT2D eigenvalue weighted by Crippen LogP contribution is -2.48. The van der Waals surface area contributed by atoms with E-state index in [1.54, 1.807) is 5.51 Å². The summed E-state index contributed by atoms with van der Waals surface area (Å²) in [4.78, 5) is 25.0. The third-order valence-electron chi connectivity index (χ3n) is 4.10. The molecule has 2 atom stereocenters. The van der Waals surface area contributed by atoms with E-state index in [0.29, 0.717) is 5.13 Å². The highest BCUT2D eigenvalue weighted by Crippen LogP contribution is 2.40. The average Bonchev–Trinajstić information content (AvgIpc) is 2.95. The molecule has 8 heteroatoms. The van der Waals surface area contributed by atoms with Crippen LogP contribution in [-0.4, -0.2) is 44.3 Å². The Hall–Kier alpha value is -1.70. The summed E-state index contributed by atoms with van der Waals surface area (Å²) in [5.74, 6) is -0.559. The maximum absolute atomic E-state index is 12.3. The quantitative estimate of drug-likeness (QED) is 0.886. The van der Waals surface area contributed by atoms with Crippen molar-refractivity contribution in [2.75, 3.05) is 5.32 Å². The number of amides is 2. The van der Waals surface area contributed by atoms with E-state index in [0.717, 1.165) is 25.7 Å². The van der Waals surface area contributed by atoms with Crippen molar-refractivity contribution in [2.45, 2.75) is 44.2 Å². The monoisotopic (exact) mass is 296 g/mol. The number of aliphatic carboxylic acids is 1. The zero-order chi connectivity index (χ0) is 14.1. The topological polar surface area (TPSA) is 95.4 Å². The van der Waals surface area contributed by atoms with Crippen molar-refractivity contribution in [3.05, 3.63) is 5.51 Å². The average molecular weight is 296 g/mol. The summed E-state index contributed by atoms with van der Waals surface area (Å²) in [7, 11) is 0. The number of piperidine rings is 1. The van der Waals surface area contributed by atoms with Gasteiger partial charge in [-0.3, -0.25) is 10.1 Å². The minimum absolute atomic E-state index is 0.136. The van der Waals surface area contributed by atoms with Gasteiger partial charge >= 0.3 is 12.0 Å². The van der Waals surface area contributed by atoms with Gasteiger partial charge in [-0.25, -0.2) is 4.79 Å². The van der Waals surface area contributed by atoms with Gasteiger partial charge in [0.15, 0.2) is 0 Å². The molecule has 1 aromatic rings. The summed E-state index contributed by atoms with van der Waals surface area (Å²) in [5.41, 5.74) is 1.57. The number of nitrogens with zero attached hydrogens (tertiary/aromatic N) is 3. The molecule has 3 heterocycles. The highest BCUT2D eigenvalue weighted by molar-refractivity contribution is 7.13. The molecule has 2 bridgehead atoms. The molecule has 0 radical (unpaired) electrons. The van der Waals surface area contributed by atoms with Gasteiger partial charge in [-0.2, -0.15) is 0 Å². The first-order valence-electron chi connectivity index (χ1n) is 6.70. The summed E-state index contributed by atoms with van der Waals surface area (Å²) in [5, 5.41) is 19.7. The number of carboxylic acid groups (broad SMARTS) is 1. The Kier molecular flexibility index (Phi) is 3.56. The van der Waals surface area contributed by atoms with Crippen LogP contribution in [0.4, 0.5) is 9.93 Å². The molecule has 108 valence electrons. The standard InChI is InChI=1S/C12H16N4O3S/c17-10(18)5-7-3-8-1-2-9(4-7)16(8)12(19)14-11-15-13-6-20-11/h6-9H,1-5H2,(H,17,18)(H,14,15,19). The van der Waals surface area contributed by atoms with E-state index in [1.165, 1.54) is 11.3 Å². The van der Waals surface area contributed by atoms with Gasteiger partial charge in [0.25, 0.3) is 0 Å². The minimum Gasteiger partial charge on any atom is -0.481 e. The molecule has 2 amide bonds. The van der Waals surface area contributed by atoms with Crippen molar-refractivity contribution < 1.29 is 14.7 Å². The molecule has 2 saturated heterocycles. The SMILES string of the molecule is O=C(O)CC1CC2CCC(C1)N2C(=O)Nc1nncs1. The van der Waals surface area contributed by atoms with Crippen molar-refractivity contribution in [1.82, 2.24) is 15.1 Å². The summed E-state index contributed by atoms with van der Waals surface area (Å²) in [6, 6.07) is 0.181. The number of hydrogen-bond acceptors (Lipinski definition) is 5. The number of carbonyl (C=O) groups is 2. The normalized spacial score (nSPS) is 28.4. The summed E-state index contributed by atoms with van der Waals surface area (Å²) < 4.78 is 0. The molecular weight excluding hydrogens is 280 g/mol. The van der Waals surface area contributed by atoms with E-state index in [2.05, 4.69) is 15.5 Å². The number of carbonyl (C=O) groups excluding carboxylic acids is 1. The third-order valence-corrected chi connectivity index (χ3v) is 4.71. The summed E-state index contributed by atoms with van der Waals surface area (Å²) >= 11 is 1.29. The molecule has 2 fully saturated rings. The lowest BCUT2D eigenvalue weighted by Gasteiger charge is -2.38. The van der Waals surface area contributed by atoms with Crippen molar-refractivity contribution in [2.24, 2.45) is 5.92 Å². The van der Waals surface area contributed by atoms with Gasteiger partial charge < -0.3 is 10.0 Å². The van der Waals surface area contributed by atoms with Gasteiger partial charge in [0.2, 0.25) is 5.13 Å². The number of hydrogen-bond donors (Lipinski definition) is 2. The smallest absolute Gasteiger partial charge is 0.324 e. The molecule has 3 rings (SSSR count). The number of anilines is 1. The Bertz CT molecular complexity index is 493. The Morgan fingerprint density at radius 3 is 2.65 bits per heavy atom. The molecular formula is C12H16N4O3S. The highest BCUT2D eigenvalue weighted by atomic mass is 32.1. The van der Waals surface area contributed by atoms with Gasteiger partial charge in [0.05, 0.1) is 0 Å². The lowest BCUT2D eigenvalue weighted by atomic mass is 9.88. The molecule has 2 unspecified atom stereocenters. The number of fused-ring (bicyclic) bond motifs is 2. The first-order valence-corrected chi connectivity index (χ1v) is 7.58. The fourth-order valence-corrected chi connectivity index (χ4v) is 3.85. The molecule has 1 aromatic heterocycles. The Morgan fingerprint density at radius 2 is 2.10 bits per heavy atom. The lowest BCUT2D eigenvalue weighted by molar-refractivity contribution is -0.138. The minimum atomic E-state index is -0.749. The molecule has 0 aliphatic carbocycles. The van der Waals surface area contributed by atoms with E-state index < -0.39 is 5.97 Å². The maximum Gasteiger partial charge on any atom is 0.324 e. The highest BCUT2D eigenvalue weighted by Gasteiger charge is 2.43. The Labute approximate surface area is 120 Å². The van der Waals surface area contributed by atoms with Crippen LogP contribution in [0, 0.1) is 5.92 Å². The van der Waals surface area contributed by atoms with Crippen LogP contribution in [0.25, 0.3) is 0 Å². The van der Waals surface area contributed by atoms with Gasteiger partial charge in [0.1, 0.15) is 5.51 Å². The molecule has 0 spiro atoms. The number of rotatable bonds is 3. The second-order valence-electron chi connectivity index (χ2n) is 5.40. The molecule has 2 N–H and O–H groups in total. The molecule has 0 aromatic carbocycles. The number of nitrogens with one attached hydrogen (secondary N) is 1. The summed E-state index contributed by atoms with van der Waals surface area (Å²) in [6.07, 6.45) is 3.70. The molecule has 2 aliphatic heterocycles. The van der Waals surface area contributed by atoms with E-state index >= 15 is 0 Å². The van der Waals surface area contributed by atoms with Crippen LogP contribution in [-0.2, 0) is 4.79 Å². The van der Waals surface area contributed by atoms with Gasteiger partial charge in [-0.1, -0.05) is 11.3 Å².